The average molecular weight is 485 g/mol. The lowest BCUT2D eigenvalue weighted by molar-refractivity contribution is -0.121. The zero-order valence-electron chi connectivity index (χ0n) is 16.2. The van der Waals surface area contributed by atoms with Crippen molar-refractivity contribution in [2.24, 2.45) is 4.99 Å². The highest BCUT2D eigenvalue weighted by atomic mass is 79.9. The molecule has 1 fully saturated rings. The molecule has 2 aromatic carbocycles. The smallest absolute Gasteiger partial charge is 0.336 e. The molecule has 152 valence electrons. The zero-order valence-corrected chi connectivity index (χ0v) is 18.6. The van der Waals surface area contributed by atoms with E-state index in [2.05, 4.69) is 26.8 Å². The molecule has 0 spiro atoms. The fourth-order valence-electron chi connectivity index (χ4n) is 2.73. The molecule has 0 saturated carbocycles. The summed E-state index contributed by atoms with van der Waals surface area (Å²) in [6, 6.07) is 10.3. The van der Waals surface area contributed by atoms with Crippen LogP contribution < -0.4 is 4.74 Å². The first-order valence-electron chi connectivity index (χ1n) is 8.77. The maximum atomic E-state index is 12.7. The number of hydrogen-bond acceptors (Lipinski definition) is 5. The number of hydrogen-bond donors (Lipinski definition) is 1. The van der Waals surface area contributed by atoms with Crippen molar-refractivity contribution in [3.8, 4) is 18.1 Å². The molecule has 1 aliphatic rings. The Labute approximate surface area is 186 Å². The van der Waals surface area contributed by atoms with Gasteiger partial charge in [0.1, 0.15) is 12.4 Å². The summed E-state index contributed by atoms with van der Waals surface area (Å²) in [4.78, 5) is 30.5. The van der Waals surface area contributed by atoms with Crippen LogP contribution in [0.2, 0.25) is 0 Å². The quantitative estimate of drug-likeness (QED) is 0.491. The van der Waals surface area contributed by atoms with Crippen molar-refractivity contribution >= 4 is 56.5 Å². The average Bonchev–Trinajstić information content (AvgIpc) is 2.96. The van der Waals surface area contributed by atoms with Gasteiger partial charge in [0.2, 0.25) is 0 Å². The van der Waals surface area contributed by atoms with Gasteiger partial charge in [-0.3, -0.25) is 9.69 Å². The highest BCUT2D eigenvalue weighted by molar-refractivity contribution is 9.10. The normalized spacial score (nSPS) is 16.2. The van der Waals surface area contributed by atoms with E-state index in [1.807, 2.05) is 12.1 Å². The van der Waals surface area contributed by atoms with Crippen LogP contribution in [0.1, 0.15) is 21.5 Å². The number of terminal acetylenes is 1. The van der Waals surface area contributed by atoms with Gasteiger partial charge in [-0.25, -0.2) is 9.79 Å². The minimum atomic E-state index is -1.01. The van der Waals surface area contributed by atoms with Gasteiger partial charge in [-0.05, 0) is 76.1 Å². The Hall–Kier alpha value is -3.02. The Bertz CT molecular complexity index is 1130. The van der Waals surface area contributed by atoms with E-state index < -0.39 is 5.97 Å². The van der Waals surface area contributed by atoms with E-state index in [-0.39, 0.29) is 18.1 Å². The lowest BCUT2D eigenvalue weighted by Crippen LogP contribution is -2.23. The van der Waals surface area contributed by atoms with E-state index in [9.17, 15) is 14.7 Å². The first kappa shape index (κ1) is 21.7. The second kappa shape index (κ2) is 9.20. The third kappa shape index (κ3) is 4.58. The molecule has 1 N–H and O–H groups in total. The SMILES string of the molecule is C#CCOc1ccc(/C=C2\SC(=Nc3cccc(C(=O)O)c3C)N(C)C2=O)cc1Br. The highest BCUT2D eigenvalue weighted by Gasteiger charge is 2.30. The topological polar surface area (TPSA) is 79.2 Å². The molecule has 1 saturated heterocycles. The van der Waals surface area contributed by atoms with Gasteiger partial charge in [0, 0.05) is 7.05 Å². The van der Waals surface area contributed by atoms with Gasteiger partial charge in [0.05, 0.1) is 20.6 Å². The van der Waals surface area contributed by atoms with Crippen LogP contribution in [-0.4, -0.2) is 40.7 Å². The summed E-state index contributed by atoms with van der Waals surface area (Å²) in [6.45, 7) is 1.86. The molecule has 0 aliphatic carbocycles. The zero-order chi connectivity index (χ0) is 21.8. The van der Waals surface area contributed by atoms with Crippen LogP contribution in [0, 0.1) is 19.3 Å². The summed E-state index contributed by atoms with van der Waals surface area (Å²) in [5.41, 5.74) is 2.05. The number of carboxylic acids is 1. The number of likely N-dealkylation sites (N-methyl/N-ethyl adjacent to an activating group) is 1. The predicted octanol–water partition coefficient (Wildman–Crippen LogP) is 4.70. The number of ether oxygens (including phenoxy) is 1. The molecule has 0 unspecified atom stereocenters. The number of carbonyl (C=O) groups is 2. The summed E-state index contributed by atoms with van der Waals surface area (Å²) in [6.07, 6.45) is 6.98. The molecule has 0 aromatic heterocycles. The van der Waals surface area contributed by atoms with Crippen molar-refractivity contribution in [3.63, 3.8) is 0 Å². The molecule has 0 radical (unpaired) electrons. The van der Waals surface area contributed by atoms with E-state index in [1.54, 1.807) is 38.2 Å². The lowest BCUT2D eigenvalue weighted by atomic mass is 10.1. The Kier molecular flexibility index (Phi) is 6.65. The highest BCUT2D eigenvalue weighted by Crippen LogP contribution is 2.35. The van der Waals surface area contributed by atoms with Crippen molar-refractivity contribution in [2.75, 3.05) is 13.7 Å². The molecular formula is C22H17BrN2O4S. The van der Waals surface area contributed by atoms with E-state index in [4.69, 9.17) is 11.2 Å². The van der Waals surface area contributed by atoms with Crippen molar-refractivity contribution in [3.05, 3.63) is 62.5 Å². The van der Waals surface area contributed by atoms with E-state index >= 15 is 0 Å². The molecule has 1 aliphatic heterocycles. The van der Waals surface area contributed by atoms with Crippen LogP contribution in [0.4, 0.5) is 5.69 Å². The van der Waals surface area contributed by atoms with Gasteiger partial charge in [0.25, 0.3) is 5.91 Å². The summed E-state index contributed by atoms with van der Waals surface area (Å²) < 4.78 is 6.15. The van der Waals surface area contributed by atoms with Gasteiger partial charge >= 0.3 is 5.97 Å². The molecule has 0 bridgehead atoms. The number of amides is 1. The molecule has 1 heterocycles. The molecule has 2 aromatic rings. The molecule has 1 amide bonds. The molecule has 3 rings (SSSR count). The fourth-order valence-corrected chi connectivity index (χ4v) is 4.22. The minimum Gasteiger partial charge on any atom is -0.480 e. The third-order valence-corrected chi connectivity index (χ3v) is 6.00. The number of thioether (sulfide) groups is 1. The number of halogens is 1. The van der Waals surface area contributed by atoms with Crippen molar-refractivity contribution in [1.82, 2.24) is 4.90 Å². The minimum absolute atomic E-state index is 0.167. The molecular weight excluding hydrogens is 468 g/mol. The third-order valence-electron chi connectivity index (χ3n) is 4.32. The van der Waals surface area contributed by atoms with Crippen LogP contribution in [0.25, 0.3) is 6.08 Å². The maximum absolute atomic E-state index is 12.7. The Morgan fingerprint density at radius 3 is 2.83 bits per heavy atom. The van der Waals surface area contributed by atoms with Gasteiger partial charge in [0.15, 0.2) is 5.17 Å². The largest absolute Gasteiger partial charge is 0.480 e. The Morgan fingerprint density at radius 1 is 1.40 bits per heavy atom. The summed E-state index contributed by atoms with van der Waals surface area (Å²) in [7, 11) is 1.64. The van der Waals surface area contributed by atoms with E-state index in [0.717, 1.165) is 10.0 Å². The Balaban J connectivity index is 1.89. The van der Waals surface area contributed by atoms with Gasteiger partial charge < -0.3 is 9.84 Å². The summed E-state index contributed by atoms with van der Waals surface area (Å²) in [5.74, 6) is 1.83. The summed E-state index contributed by atoms with van der Waals surface area (Å²) >= 11 is 4.67. The second-order valence-electron chi connectivity index (χ2n) is 6.31. The molecule has 0 atom stereocenters. The van der Waals surface area contributed by atoms with E-state index in [1.165, 1.54) is 22.7 Å². The predicted molar refractivity (Wildman–Crippen MR) is 122 cm³/mol. The maximum Gasteiger partial charge on any atom is 0.336 e. The van der Waals surface area contributed by atoms with Crippen LogP contribution in [0.3, 0.4) is 0 Å². The first-order chi connectivity index (χ1) is 14.3. The molecule has 6 nitrogen and oxygen atoms in total. The molecule has 8 heteroatoms. The number of rotatable bonds is 5. The standard InChI is InChI=1S/C22H17BrN2O4S/c1-4-10-29-18-9-8-14(11-16(18)23)12-19-20(26)25(3)22(30-19)24-17-7-5-6-15(13(17)2)21(27)28/h1,5-9,11-12H,10H2,2-3H3,(H,27,28)/b19-12-,24-22?. The Morgan fingerprint density at radius 2 is 2.17 bits per heavy atom. The van der Waals surface area contributed by atoms with Crippen molar-refractivity contribution < 1.29 is 19.4 Å². The van der Waals surface area contributed by atoms with Crippen molar-refractivity contribution in [1.29, 1.82) is 0 Å². The van der Waals surface area contributed by atoms with Crippen LogP contribution in [0.15, 0.2) is 50.8 Å². The number of aliphatic imine (C=N–C) groups is 1. The van der Waals surface area contributed by atoms with Gasteiger partial charge in [-0.15, -0.1) is 6.42 Å². The number of amidine groups is 1. The fraction of sp³-hybridized carbons (Fsp3) is 0.136. The number of carboxylic acid groups (broad SMARTS) is 1. The summed E-state index contributed by atoms with van der Waals surface area (Å²) in [5, 5.41) is 9.77. The van der Waals surface area contributed by atoms with Crippen LogP contribution >= 0.6 is 27.7 Å². The van der Waals surface area contributed by atoms with Crippen LogP contribution in [-0.2, 0) is 4.79 Å². The molecule has 30 heavy (non-hydrogen) atoms. The first-order valence-corrected chi connectivity index (χ1v) is 10.4. The lowest BCUT2D eigenvalue weighted by Gasteiger charge is -2.09. The number of carbonyl (C=O) groups excluding carboxylic acids is 1. The number of nitrogens with zero attached hydrogens (tertiary/aromatic N) is 2. The van der Waals surface area contributed by atoms with Crippen LogP contribution in [0.5, 0.6) is 5.75 Å². The number of aromatic carboxylic acids is 1. The number of benzene rings is 2. The second-order valence-corrected chi connectivity index (χ2v) is 8.17. The van der Waals surface area contributed by atoms with E-state index in [0.29, 0.717) is 27.1 Å². The van der Waals surface area contributed by atoms with Gasteiger partial charge in [-0.1, -0.05) is 18.1 Å². The van der Waals surface area contributed by atoms with Gasteiger partial charge in [-0.2, -0.15) is 0 Å². The van der Waals surface area contributed by atoms with Crippen molar-refractivity contribution in [2.45, 2.75) is 6.92 Å². The monoisotopic (exact) mass is 484 g/mol.